The molecule has 0 bridgehead atoms. The van der Waals surface area contributed by atoms with Crippen molar-refractivity contribution < 1.29 is 18.3 Å². The second-order valence-electron chi connectivity index (χ2n) is 5.70. The number of aliphatic carboxylic acids is 1. The number of carboxylic acid groups (broad SMARTS) is 1. The molecular weight excluding hydrogens is 276 g/mol. The van der Waals surface area contributed by atoms with Gasteiger partial charge >= 0.3 is 5.97 Å². The molecule has 0 atom stereocenters. The summed E-state index contributed by atoms with van der Waals surface area (Å²) >= 11 is 0. The predicted molar refractivity (Wildman–Crippen MR) is 76.7 cm³/mol. The first kappa shape index (κ1) is 15.0. The summed E-state index contributed by atoms with van der Waals surface area (Å²) in [6.07, 6.45) is 5.10. The van der Waals surface area contributed by atoms with E-state index < -0.39 is 21.2 Å². The molecule has 1 aromatic carbocycles. The summed E-state index contributed by atoms with van der Waals surface area (Å²) in [4.78, 5) is 12.0. The molecule has 0 aliphatic heterocycles. The summed E-state index contributed by atoms with van der Waals surface area (Å²) in [6.45, 7) is 1.73. The third kappa shape index (κ3) is 2.59. The highest BCUT2D eigenvalue weighted by molar-refractivity contribution is 7.90. The van der Waals surface area contributed by atoms with Crippen molar-refractivity contribution in [3.8, 4) is 0 Å². The van der Waals surface area contributed by atoms with Crippen molar-refractivity contribution in [2.45, 2.75) is 49.3 Å². The van der Waals surface area contributed by atoms with Crippen LogP contribution in [0.25, 0.3) is 0 Å². The number of sulfone groups is 1. The van der Waals surface area contributed by atoms with E-state index in [1.54, 1.807) is 25.1 Å². The molecule has 0 unspecified atom stereocenters. The van der Waals surface area contributed by atoms with E-state index in [-0.39, 0.29) is 4.90 Å². The number of hydrogen-bond acceptors (Lipinski definition) is 3. The molecule has 1 saturated carbocycles. The fourth-order valence-corrected chi connectivity index (χ4v) is 4.07. The molecule has 1 aliphatic rings. The van der Waals surface area contributed by atoms with Crippen LogP contribution in [-0.4, -0.2) is 25.7 Å². The maximum absolute atomic E-state index is 11.8. The fraction of sp³-hybridized carbons (Fsp3) is 0.533. The molecule has 1 aliphatic carbocycles. The van der Waals surface area contributed by atoms with Crippen LogP contribution in [0.4, 0.5) is 0 Å². The molecule has 0 amide bonds. The van der Waals surface area contributed by atoms with Crippen molar-refractivity contribution in [3.05, 3.63) is 29.3 Å². The van der Waals surface area contributed by atoms with E-state index in [2.05, 4.69) is 0 Å². The first-order chi connectivity index (χ1) is 9.27. The van der Waals surface area contributed by atoms with Crippen molar-refractivity contribution in [2.75, 3.05) is 6.26 Å². The molecular formula is C15H20O4S. The Balaban J connectivity index is 2.59. The average molecular weight is 296 g/mol. The number of aryl methyl sites for hydroxylation is 1. The van der Waals surface area contributed by atoms with Crippen LogP contribution in [0.1, 0.15) is 43.2 Å². The second kappa shape index (κ2) is 5.20. The summed E-state index contributed by atoms with van der Waals surface area (Å²) in [5.74, 6) is -0.847. The molecule has 1 fully saturated rings. The Morgan fingerprint density at radius 2 is 1.80 bits per heavy atom. The molecule has 110 valence electrons. The van der Waals surface area contributed by atoms with Crippen LogP contribution in [0, 0.1) is 6.92 Å². The number of carbonyl (C=O) groups is 1. The Morgan fingerprint density at radius 3 is 2.30 bits per heavy atom. The van der Waals surface area contributed by atoms with E-state index in [1.165, 1.54) is 0 Å². The highest BCUT2D eigenvalue weighted by atomic mass is 32.2. The highest BCUT2D eigenvalue weighted by Crippen LogP contribution is 2.40. The van der Waals surface area contributed by atoms with Crippen LogP contribution in [0.2, 0.25) is 0 Å². The van der Waals surface area contributed by atoms with Crippen LogP contribution in [-0.2, 0) is 20.0 Å². The van der Waals surface area contributed by atoms with Crippen molar-refractivity contribution in [3.63, 3.8) is 0 Å². The van der Waals surface area contributed by atoms with Gasteiger partial charge < -0.3 is 5.11 Å². The van der Waals surface area contributed by atoms with Gasteiger partial charge in [0.2, 0.25) is 0 Å². The molecule has 2 rings (SSSR count). The van der Waals surface area contributed by atoms with Gasteiger partial charge in [0, 0.05) is 6.26 Å². The maximum Gasteiger partial charge on any atom is 0.314 e. The molecule has 1 aromatic rings. The highest BCUT2D eigenvalue weighted by Gasteiger charge is 2.41. The summed E-state index contributed by atoms with van der Waals surface area (Å²) in [6, 6.07) is 5.04. The normalized spacial score (nSPS) is 18.7. The lowest BCUT2D eigenvalue weighted by atomic mass is 9.69. The van der Waals surface area contributed by atoms with Crippen LogP contribution < -0.4 is 0 Å². The lowest BCUT2D eigenvalue weighted by Crippen LogP contribution is -2.38. The van der Waals surface area contributed by atoms with Crippen molar-refractivity contribution >= 4 is 15.8 Å². The topological polar surface area (TPSA) is 71.4 Å². The van der Waals surface area contributed by atoms with Gasteiger partial charge in [0.05, 0.1) is 10.3 Å². The van der Waals surface area contributed by atoms with E-state index >= 15 is 0 Å². The van der Waals surface area contributed by atoms with Gasteiger partial charge in [-0.05, 0) is 37.0 Å². The third-order valence-electron chi connectivity index (χ3n) is 4.26. The van der Waals surface area contributed by atoms with Crippen LogP contribution >= 0.6 is 0 Å². The molecule has 0 saturated heterocycles. The molecule has 0 heterocycles. The molecule has 20 heavy (non-hydrogen) atoms. The van der Waals surface area contributed by atoms with Crippen molar-refractivity contribution in [1.29, 1.82) is 0 Å². The van der Waals surface area contributed by atoms with Gasteiger partial charge in [-0.2, -0.15) is 0 Å². The molecule has 4 nitrogen and oxygen atoms in total. The minimum atomic E-state index is -3.34. The number of carboxylic acids is 1. The van der Waals surface area contributed by atoms with Crippen LogP contribution in [0.5, 0.6) is 0 Å². The van der Waals surface area contributed by atoms with E-state index in [4.69, 9.17) is 0 Å². The summed E-state index contributed by atoms with van der Waals surface area (Å²) in [5.41, 5.74) is 0.356. The first-order valence-electron chi connectivity index (χ1n) is 6.82. The van der Waals surface area contributed by atoms with Gasteiger partial charge in [0.1, 0.15) is 0 Å². The van der Waals surface area contributed by atoms with Crippen LogP contribution in [0.15, 0.2) is 23.1 Å². The van der Waals surface area contributed by atoms with Gasteiger partial charge in [-0.25, -0.2) is 8.42 Å². The van der Waals surface area contributed by atoms with Gasteiger partial charge in [-0.1, -0.05) is 31.4 Å². The quantitative estimate of drug-likeness (QED) is 0.931. The van der Waals surface area contributed by atoms with Gasteiger partial charge in [-0.15, -0.1) is 0 Å². The summed E-state index contributed by atoms with van der Waals surface area (Å²) in [5, 5.41) is 9.66. The Kier molecular flexibility index (Phi) is 3.91. The van der Waals surface area contributed by atoms with Gasteiger partial charge in [0.25, 0.3) is 0 Å². The number of hydrogen-bond donors (Lipinski definition) is 1. The Labute approximate surface area is 119 Å². The zero-order chi connectivity index (χ0) is 15.0. The molecule has 1 N–H and O–H groups in total. The molecule has 5 heteroatoms. The number of rotatable bonds is 3. The summed E-state index contributed by atoms with van der Waals surface area (Å²) in [7, 11) is -3.34. The van der Waals surface area contributed by atoms with Gasteiger partial charge in [0.15, 0.2) is 9.84 Å². The lowest BCUT2D eigenvalue weighted by molar-refractivity contribution is -0.145. The monoisotopic (exact) mass is 296 g/mol. The molecule has 0 spiro atoms. The minimum Gasteiger partial charge on any atom is -0.481 e. The van der Waals surface area contributed by atoms with Gasteiger partial charge in [-0.3, -0.25) is 4.79 Å². The number of benzene rings is 1. The average Bonchev–Trinajstić information content (AvgIpc) is 2.38. The third-order valence-corrected chi connectivity index (χ3v) is 5.50. The summed E-state index contributed by atoms with van der Waals surface area (Å²) < 4.78 is 23.6. The Morgan fingerprint density at radius 1 is 1.20 bits per heavy atom. The largest absolute Gasteiger partial charge is 0.481 e. The zero-order valence-corrected chi connectivity index (χ0v) is 12.7. The standard InChI is InChI=1S/C15H20O4S/c1-11-6-7-12(10-13(11)20(2,18)19)15(14(16)17)8-4-3-5-9-15/h6-7,10H,3-5,8-9H2,1-2H3,(H,16,17). The van der Waals surface area contributed by atoms with E-state index in [1.807, 2.05) is 0 Å². The maximum atomic E-state index is 11.8. The molecule has 0 radical (unpaired) electrons. The zero-order valence-electron chi connectivity index (χ0n) is 11.8. The predicted octanol–water partition coefficient (Wildman–Crippen LogP) is 2.69. The Hall–Kier alpha value is -1.36. The van der Waals surface area contributed by atoms with E-state index in [0.29, 0.717) is 24.0 Å². The minimum absolute atomic E-state index is 0.237. The Bertz CT molecular complexity index is 625. The molecule has 0 aromatic heterocycles. The second-order valence-corrected chi connectivity index (χ2v) is 7.68. The van der Waals surface area contributed by atoms with Crippen molar-refractivity contribution in [2.24, 2.45) is 0 Å². The van der Waals surface area contributed by atoms with Crippen LogP contribution in [0.3, 0.4) is 0 Å². The van der Waals surface area contributed by atoms with Crippen molar-refractivity contribution in [1.82, 2.24) is 0 Å². The smallest absolute Gasteiger partial charge is 0.314 e. The SMILES string of the molecule is Cc1ccc(C2(C(=O)O)CCCCC2)cc1S(C)(=O)=O. The van der Waals surface area contributed by atoms with E-state index in [0.717, 1.165) is 25.5 Å². The fourth-order valence-electron chi connectivity index (χ4n) is 3.08. The lowest BCUT2D eigenvalue weighted by Gasteiger charge is -2.34. The van der Waals surface area contributed by atoms with E-state index in [9.17, 15) is 18.3 Å². The first-order valence-corrected chi connectivity index (χ1v) is 8.71.